The summed E-state index contributed by atoms with van der Waals surface area (Å²) in [5.41, 5.74) is 4.89. The average molecular weight is 410 g/mol. The lowest BCUT2D eigenvalue weighted by Gasteiger charge is -2.11. The molecule has 7 heteroatoms. The third-order valence-corrected chi connectivity index (χ3v) is 5.69. The number of carbonyl (C=O) groups is 1. The number of para-hydroxylation sites is 1. The fraction of sp³-hybridized carbons (Fsp3) is 0.136. The highest BCUT2D eigenvalue weighted by Gasteiger charge is 2.18. The van der Waals surface area contributed by atoms with E-state index in [1.165, 1.54) is 0 Å². The second-order valence-corrected chi connectivity index (χ2v) is 8.28. The van der Waals surface area contributed by atoms with E-state index in [2.05, 4.69) is 10.3 Å². The summed E-state index contributed by atoms with van der Waals surface area (Å²) in [6.45, 7) is 3.87. The van der Waals surface area contributed by atoms with Crippen LogP contribution in [0.4, 0.5) is 0 Å². The van der Waals surface area contributed by atoms with Gasteiger partial charge >= 0.3 is 0 Å². The highest BCUT2D eigenvalue weighted by Crippen LogP contribution is 2.16. The Bertz CT molecular complexity index is 1100. The minimum absolute atomic E-state index is 0.131. The summed E-state index contributed by atoms with van der Waals surface area (Å²) in [7, 11) is -3.87. The standard InChI is InChI=1S/C22H22N2O4S/c1-16-8-9-17(2)21(14-16)29(26,27)24-23-22(25)19-12-10-18(11-13-19)15-28-20-6-4-3-5-7-20/h3-14,24H,15H2,1-2H3,(H,23,25). The van der Waals surface area contributed by atoms with E-state index in [9.17, 15) is 13.2 Å². The molecule has 6 nitrogen and oxygen atoms in total. The van der Waals surface area contributed by atoms with E-state index in [-0.39, 0.29) is 4.90 Å². The molecule has 0 radical (unpaired) electrons. The van der Waals surface area contributed by atoms with Crippen LogP contribution in [0.25, 0.3) is 0 Å². The topological polar surface area (TPSA) is 84.5 Å². The van der Waals surface area contributed by atoms with Gasteiger partial charge in [-0.05, 0) is 60.9 Å². The van der Waals surface area contributed by atoms with Crippen LogP contribution in [0, 0.1) is 13.8 Å². The van der Waals surface area contributed by atoms with Crippen LogP contribution in [0.5, 0.6) is 5.75 Å². The molecule has 2 N–H and O–H groups in total. The summed E-state index contributed by atoms with van der Waals surface area (Å²) < 4.78 is 30.6. The predicted molar refractivity (Wildman–Crippen MR) is 111 cm³/mol. The maximum absolute atomic E-state index is 12.5. The number of amides is 1. The van der Waals surface area contributed by atoms with Gasteiger partial charge in [0.15, 0.2) is 0 Å². The van der Waals surface area contributed by atoms with Crippen molar-refractivity contribution in [3.05, 3.63) is 95.1 Å². The van der Waals surface area contributed by atoms with Crippen molar-refractivity contribution in [2.75, 3.05) is 0 Å². The van der Waals surface area contributed by atoms with Crippen LogP contribution in [-0.2, 0) is 16.6 Å². The number of hydrogen-bond donors (Lipinski definition) is 2. The monoisotopic (exact) mass is 410 g/mol. The van der Waals surface area contributed by atoms with Gasteiger partial charge in [0.25, 0.3) is 15.9 Å². The van der Waals surface area contributed by atoms with Crippen LogP contribution in [0.3, 0.4) is 0 Å². The molecule has 150 valence electrons. The van der Waals surface area contributed by atoms with Crippen LogP contribution in [0.1, 0.15) is 27.0 Å². The number of sulfonamides is 1. The molecule has 29 heavy (non-hydrogen) atoms. The first-order valence-corrected chi connectivity index (χ1v) is 10.5. The van der Waals surface area contributed by atoms with Crippen molar-refractivity contribution in [2.45, 2.75) is 25.3 Å². The number of hydrazine groups is 1. The molecule has 0 bridgehead atoms. The molecule has 0 unspecified atom stereocenters. The van der Waals surface area contributed by atoms with E-state index in [1.807, 2.05) is 36.4 Å². The number of ether oxygens (including phenoxy) is 1. The van der Waals surface area contributed by atoms with Crippen molar-refractivity contribution < 1.29 is 17.9 Å². The van der Waals surface area contributed by atoms with Crippen molar-refractivity contribution in [3.63, 3.8) is 0 Å². The quantitative estimate of drug-likeness (QED) is 0.584. The smallest absolute Gasteiger partial charge is 0.266 e. The van der Waals surface area contributed by atoms with Gasteiger partial charge in [0.1, 0.15) is 12.4 Å². The zero-order valence-electron chi connectivity index (χ0n) is 16.2. The molecule has 0 aliphatic carbocycles. The number of carbonyl (C=O) groups excluding carboxylic acids is 1. The van der Waals surface area contributed by atoms with E-state index < -0.39 is 15.9 Å². The molecule has 3 aromatic rings. The zero-order chi connectivity index (χ0) is 20.9. The summed E-state index contributed by atoms with van der Waals surface area (Å²) in [6, 6.07) is 21.3. The number of benzene rings is 3. The molecule has 0 spiro atoms. The Morgan fingerprint density at radius 3 is 2.31 bits per heavy atom. The van der Waals surface area contributed by atoms with Gasteiger partial charge in [0, 0.05) is 5.56 Å². The molecular weight excluding hydrogens is 388 g/mol. The van der Waals surface area contributed by atoms with Gasteiger partial charge in [0.05, 0.1) is 4.90 Å². The molecule has 3 aromatic carbocycles. The van der Waals surface area contributed by atoms with Crippen molar-refractivity contribution in [2.24, 2.45) is 0 Å². The lowest BCUT2D eigenvalue weighted by atomic mass is 10.1. The SMILES string of the molecule is Cc1ccc(C)c(S(=O)(=O)NNC(=O)c2ccc(COc3ccccc3)cc2)c1. The lowest BCUT2D eigenvalue weighted by molar-refractivity contribution is 0.0945. The van der Waals surface area contributed by atoms with E-state index in [0.717, 1.165) is 16.9 Å². The van der Waals surface area contributed by atoms with E-state index in [1.54, 1.807) is 50.2 Å². The first kappa shape index (κ1) is 20.6. The van der Waals surface area contributed by atoms with Crippen LogP contribution < -0.4 is 15.0 Å². The predicted octanol–water partition coefficient (Wildman–Crippen LogP) is 3.51. The van der Waals surface area contributed by atoms with Gasteiger partial charge in [-0.25, -0.2) is 8.42 Å². The third kappa shape index (κ3) is 5.43. The molecule has 3 rings (SSSR count). The van der Waals surface area contributed by atoms with E-state index in [4.69, 9.17) is 4.74 Å². The van der Waals surface area contributed by atoms with Gasteiger partial charge in [-0.1, -0.05) is 42.5 Å². The highest BCUT2D eigenvalue weighted by molar-refractivity contribution is 7.89. The fourth-order valence-corrected chi connectivity index (χ4v) is 3.84. The normalized spacial score (nSPS) is 11.1. The largest absolute Gasteiger partial charge is 0.489 e. The van der Waals surface area contributed by atoms with Crippen molar-refractivity contribution in [3.8, 4) is 5.75 Å². The van der Waals surface area contributed by atoms with Crippen LogP contribution in [0.15, 0.2) is 77.7 Å². The molecule has 0 aliphatic rings. The van der Waals surface area contributed by atoms with Gasteiger partial charge in [-0.2, -0.15) is 0 Å². The first-order chi connectivity index (χ1) is 13.8. The maximum atomic E-state index is 12.5. The fourth-order valence-electron chi connectivity index (χ4n) is 2.67. The third-order valence-electron chi connectivity index (χ3n) is 4.30. The first-order valence-electron chi connectivity index (χ1n) is 9.01. The minimum Gasteiger partial charge on any atom is -0.489 e. The van der Waals surface area contributed by atoms with Crippen LogP contribution >= 0.6 is 0 Å². The average Bonchev–Trinajstić information content (AvgIpc) is 2.73. The maximum Gasteiger partial charge on any atom is 0.266 e. The van der Waals surface area contributed by atoms with E-state index in [0.29, 0.717) is 17.7 Å². The molecule has 0 fully saturated rings. The Kier molecular flexibility index (Phi) is 6.31. The van der Waals surface area contributed by atoms with Crippen molar-refractivity contribution in [1.29, 1.82) is 0 Å². The summed E-state index contributed by atoms with van der Waals surface area (Å²) in [5, 5.41) is 0. The Morgan fingerprint density at radius 2 is 1.62 bits per heavy atom. The zero-order valence-corrected chi connectivity index (χ0v) is 17.0. The summed E-state index contributed by atoms with van der Waals surface area (Å²) in [4.78, 5) is 14.6. The van der Waals surface area contributed by atoms with Gasteiger partial charge in [-0.15, -0.1) is 4.83 Å². The van der Waals surface area contributed by atoms with Gasteiger partial charge in [-0.3, -0.25) is 10.2 Å². The molecular formula is C22H22N2O4S. The van der Waals surface area contributed by atoms with E-state index >= 15 is 0 Å². The number of rotatable bonds is 7. The highest BCUT2D eigenvalue weighted by atomic mass is 32.2. The van der Waals surface area contributed by atoms with Crippen molar-refractivity contribution in [1.82, 2.24) is 10.3 Å². The van der Waals surface area contributed by atoms with Crippen LogP contribution in [-0.4, -0.2) is 14.3 Å². The van der Waals surface area contributed by atoms with Crippen molar-refractivity contribution >= 4 is 15.9 Å². The number of aryl methyl sites for hydroxylation is 2. The van der Waals surface area contributed by atoms with Gasteiger partial charge < -0.3 is 4.74 Å². The molecule has 1 amide bonds. The Labute approximate surface area is 170 Å². The summed E-state index contributed by atoms with van der Waals surface area (Å²) in [5.74, 6) is 0.213. The minimum atomic E-state index is -3.87. The Morgan fingerprint density at radius 1 is 0.931 bits per heavy atom. The molecule has 0 atom stereocenters. The molecule has 0 saturated carbocycles. The second kappa shape index (κ2) is 8.89. The van der Waals surface area contributed by atoms with Gasteiger partial charge in [0.2, 0.25) is 0 Å². The molecule has 0 heterocycles. The lowest BCUT2D eigenvalue weighted by Crippen LogP contribution is -2.41. The summed E-state index contributed by atoms with van der Waals surface area (Å²) >= 11 is 0. The van der Waals surface area contributed by atoms with Crippen LogP contribution in [0.2, 0.25) is 0 Å². The number of nitrogens with one attached hydrogen (secondary N) is 2. The molecule has 0 aliphatic heterocycles. The second-order valence-electron chi connectivity index (χ2n) is 6.63. The Balaban J connectivity index is 1.60. The molecule has 0 saturated heterocycles. The molecule has 0 aromatic heterocycles. The summed E-state index contributed by atoms with van der Waals surface area (Å²) in [6.07, 6.45) is 0. The Hall–Kier alpha value is -3.16. The number of hydrogen-bond acceptors (Lipinski definition) is 4.